The second kappa shape index (κ2) is 7.99. The lowest BCUT2D eigenvalue weighted by Gasteiger charge is -2.31. The fourth-order valence-corrected chi connectivity index (χ4v) is 2.60. The molecular weight excluding hydrogens is 330 g/mol. The highest BCUT2D eigenvalue weighted by Gasteiger charge is 2.30. The number of nitrogens with one attached hydrogen (secondary N) is 2. The molecule has 0 aromatic heterocycles. The highest BCUT2D eigenvalue weighted by Crippen LogP contribution is 2.17. The largest absolute Gasteiger partial charge is 0.458 e. The number of nitriles is 1. The average Bonchev–Trinajstić information content (AvgIpc) is 2.70. The average molecular weight is 347 g/mol. The van der Waals surface area contributed by atoms with E-state index in [1.807, 2.05) is 18.2 Å². The normalized spacial score (nSPS) is 18.7. The third-order valence-corrected chi connectivity index (χ3v) is 3.95. The first-order valence-electron chi connectivity index (χ1n) is 8.16. The number of carbonyl (C=O) groups excluding carboxylic acids is 2. The van der Waals surface area contributed by atoms with Gasteiger partial charge in [0, 0.05) is 11.1 Å². The molecule has 2 aromatic rings. The van der Waals surface area contributed by atoms with Crippen LogP contribution in [0.25, 0.3) is 0 Å². The van der Waals surface area contributed by atoms with Gasteiger partial charge in [0.2, 0.25) is 0 Å². The Bertz CT molecular complexity index is 857. The minimum absolute atomic E-state index is 0.119. The van der Waals surface area contributed by atoms with Crippen LogP contribution in [-0.2, 0) is 4.74 Å². The molecule has 6 heteroatoms. The van der Waals surface area contributed by atoms with Crippen LogP contribution in [0.5, 0.6) is 0 Å². The number of hydrogen-bond donors (Lipinski definition) is 2. The van der Waals surface area contributed by atoms with Crippen LogP contribution in [0.2, 0.25) is 0 Å². The van der Waals surface area contributed by atoms with Crippen LogP contribution in [0.3, 0.4) is 0 Å². The van der Waals surface area contributed by atoms with Crippen molar-refractivity contribution in [3.63, 3.8) is 0 Å². The molecular formula is C20H17N3O3. The molecule has 1 aliphatic rings. The first-order valence-corrected chi connectivity index (χ1v) is 8.16. The third kappa shape index (κ3) is 4.08. The van der Waals surface area contributed by atoms with Crippen LogP contribution in [0, 0.1) is 11.3 Å². The maximum absolute atomic E-state index is 12.4. The van der Waals surface area contributed by atoms with Crippen LogP contribution >= 0.6 is 0 Å². The first kappa shape index (κ1) is 17.2. The van der Waals surface area contributed by atoms with E-state index in [1.165, 1.54) is 0 Å². The highest BCUT2D eigenvalue weighted by molar-refractivity contribution is 5.95. The molecule has 2 atom stereocenters. The Labute approximate surface area is 151 Å². The number of amides is 2. The molecule has 0 saturated carbocycles. The van der Waals surface area contributed by atoms with Crippen molar-refractivity contribution in [1.29, 1.82) is 5.26 Å². The molecule has 2 amide bonds. The second-order valence-electron chi connectivity index (χ2n) is 5.74. The van der Waals surface area contributed by atoms with Crippen LogP contribution < -0.4 is 10.6 Å². The van der Waals surface area contributed by atoms with E-state index in [2.05, 4.69) is 10.6 Å². The van der Waals surface area contributed by atoms with E-state index in [4.69, 9.17) is 10.00 Å². The summed E-state index contributed by atoms with van der Waals surface area (Å²) in [5.41, 5.74) is 0.980. The van der Waals surface area contributed by atoms with Crippen molar-refractivity contribution in [2.24, 2.45) is 0 Å². The minimum Gasteiger partial charge on any atom is -0.458 e. The van der Waals surface area contributed by atoms with Gasteiger partial charge in [-0.1, -0.05) is 36.4 Å². The fourth-order valence-electron chi connectivity index (χ4n) is 2.60. The van der Waals surface area contributed by atoms with E-state index < -0.39 is 12.3 Å². The first-order chi connectivity index (χ1) is 12.7. The molecule has 6 nitrogen and oxygen atoms in total. The van der Waals surface area contributed by atoms with E-state index in [-0.39, 0.29) is 17.6 Å². The summed E-state index contributed by atoms with van der Waals surface area (Å²) in [5.74, 6) is -0.491. The van der Waals surface area contributed by atoms with Gasteiger partial charge in [0.05, 0.1) is 6.04 Å². The van der Waals surface area contributed by atoms with Gasteiger partial charge in [0.15, 0.2) is 12.0 Å². The summed E-state index contributed by atoms with van der Waals surface area (Å²) in [4.78, 5) is 24.8. The van der Waals surface area contributed by atoms with Gasteiger partial charge in [-0.25, -0.2) is 0 Å². The predicted molar refractivity (Wildman–Crippen MR) is 94.8 cm³/mol. The molecule has 0 fully saturated rings. The zero-order valence-electron chi connectivity index (χ0n) is 13.9. The van der Waals surface area contributed by atoms with Crippen molar-refractivity contribution in [3.05, 3.63) is 83.6 Å². The smallest absolute Gasteiger partial charge is 0.254 e. The molecule has 0 spiro atoms. The third-order valence-electron chi connectivity index (χ3n) is 3.95. The van der Waals surface area contributed by atoms with Crippen LogP contribution in [-0.4, -0.2) is 24.1 Å². The van der Waals surface area contributed by atoms with Crippen molar-refractivity contribution >= 4 is 11.8 Å². The Balaban J connectivity index is 1.74. The maximum Gasteiger partial charge on any atom is 0.254 e. The summed E-state index contributed by atoms with van der Waals surface area (Å²) in [6, 6.07) is 18.9. The predicted octanol–water partition coefficient (Wildman–Crippen LogP) is 2.37. The number of hydrogen-bond acceptors (Lipinski definition) is 4. The SMILES string of the molecule is N#CC1=CC[C@H](NC(=O)c2ccccc2)[C@H](NC(=O)c2ccccc2)O1. The molecule has 2 N–H and O–H groups in total. The van der Waals surface area contributed by atoms with Crippen molar-refractivity contribution in [2.75, 3.05) is 0 Å². The zero-order valence-corrected chi connectivity index (χ0v) is 13.9. The number of rotatable bonds is 4. The zero-order chi connectivity index (χ0) is 18.4. The molecule has 1 aliphatic heterocycles. The standard InChI is InChI=1S/C20H17N3O3/c21-13-16-11-12-17(22-18(24)14-7-3-1-4-8-14)20(26-16)23-19(25)15-9-5-2-6-10-15/h1-11,17,20H,12H2,(H,22,24)(H,23,25)/t17-,20+/m0/s1. The van der Waals surface area contributed by atoms with Gasteiger partial charge in [-0.05, 0) is 36.8 Å². The number of ether oxygens (including phenoxy) is 1. The van der Waals surface area contributed by atoms with Gasteiger partial charge in [0.1, 0.15) is 6.07 Å². The second-order valence-corrected chi connectivity index (χ2v) is 5.74. The molecule has 2 aromatic carbocycles. The number of nitrogens with zero attached hydrogens (tertiary/aromatic N) is 1. The molecule has 0 bridgehead atoms. The number of carbonyl (C=O) groups is 2. The van der Waals surface area contributed by atoms with E-state index in [1.54, 1.807) is 54.6 Å². The van der Waals surface area contributed by atoms with E-state index >= 15 is 0 Å². The molecule has 26 heavy (non-hydrogen) atoms. The topological polar surface area (TPSA) is 91.2 Å². The van der Waals surface area contributed by atoms with Gasteiger partial charge >= 0.3 is 0 Å². The van der Waals surface area contributed by atoms with Gasteiger partial charge in [-0.3, -0.25) is 9.59 Å². The Morgan fingerprint density at radius 1 is 0.923 bits per heavy atom. The van der Waals surface area contributed by atoms with Crippen molar-refractivity contribution in [3.8, 4) is 6.07 Å². The fraction of sp³-hybridized carbons (Fsp3) is 0.150. The van der Waals surface area contributed by atoms with Crippen molar-refractivity contribution < 1.29 is 14.3 Å². The van der Waals surface area contributed by atoms with E-state index in [0.29, 0.717) is 17.5 Å². The Morgan fingerprint density at radius 3 is 2.00 bits per heavy atom. The summed E-state index contributed by atoms with van der Waals surface area (Å²) < 4.78 is 5.53. The molecule has 130 valence electrons. The monoisotopic (exact) mass is 347 g/mol. The summed E-state index contributed by atoms with van der Waals surface area (Å²) in [5, 5.41) is 14.7. The lowest BCUT2D eigenvalue weighted by atomic mass is 10.1. The number of allylic oxidation sites excluding steroid dienone is 1. The molecule has 0 aliphatic carbocycles. The molecule has 0 radical (unpaired) electrons. The Morgan fingerprint density at radius 2 is 1.46 bits per heavy atom. The quantitative estimate of drug-likeness (QED) is 0.888. The summed E-state index contributed by atoms with van der Waals surface area (Å²) in [6.45, 7) is 0. The maximum atomic E-state index is 12.4. The summed E-state index contributed by atoms with van der Waals surface area (Å²) in [7, 11) is 0. The Hall–Kier alpha value is -3.59. The van der Waals surface area contributed by atoms with Gasteiger partial charge in [0.25, 0.3) is 11.8 Å². The van der Waals surface area contributed by atoms with Crippen LogP contribution in [0.1, 0.15) is 27.1 Å². The minimum atomic E-state index is -0.838. The summed E-state index contributed by atoms with van der Waals surface area (Å²) in [6.07, 6.45) is 1.14. The molecule has 3 rings (SSSR count). The van der Waals surface area contributed by atoms with E-state index in [0.717, 1.165) is 0 Å². The van der Waals surface area contributed by atoms with Crippen LogP contribution in [0.4, 0.5) is 0 Å². The lowest BCUT2D eigenvalue weighted by Crippen LogP contribution is -2.54. The van der Waals surface area contributed by atoms with Crippen molar-refractivity contribution in [2.45, 2.75) is 18.7 Å². The van der Waals surface area contributed by atoms with E-state index in [9.17, 15) is 9.59 Å². The summed E-state index contributed by atoms with van der Waals surface area (Å²) >= 11 is 0. The van der Waals surface area contributed by atoms with Gasteiger partial charge < -0.3 is 15.4 Å². The van der Waals surface area contributed by atoms with Gasteiger partial charge in [-0.2, -0.15) is 5.26 Å². The highest BCUT2D eigenvalue weighted by atomic mass is 16.5. The Kier molecular flexibility index (Phi) is 5.30. The van der Waals surface area contributed by atoms with Crippen molar-refractivity contribution in [1.82, 2.24) is 10.6 Å². The molecule has 0 unspecified atom stereocenters. The molecule has 0 saturated heterocycles. The van der Waals surface area contributed by atoms with Crippen LogP contribution in [0.15, 0.2) is 72.5 Å². The van der Waals surface area contributed by atoms with Gasteiger partial charge in [-0.15, -0.1) is 0 Å². The number of benzene rings is 2. The molecule has 1 heterocycles. The lowest BCUT2D eigenvalue weighted by molar-refractivity contribution is 0.0393.